The lowest BCUT2D eigenvalue weighted by molar-refractivity contribution is -0.384. The summed E-state index contributed by atoms with van der Waals surface area (Å²) in [6.07, 6.45) is 1.25. The fourth-order valence-corrected chi connectivity index (χ4v) is 0.895. The van der Waals surface area contributed by atoms with Gasteiger partial charge in [-0.05, 0) is 6.92 Å². The number of rotatable bonds is 4. The van der Waals surface area contributed by atoms with E-state index in [2.05, 4.69) is 10.3 Å². The standard InChI is InChI=1S/C8H9N3O4/c1-5(8(12)13)10-7-4-6(11(14)15)2-3-9-7/h2-5H,1H3,(H,9,10)(H,12,13). The zero-order chi connectivity index (χ0) is 11.4. The average Bonchev–Trinajstić information content (AvgIpc) is 2.18. The Hall–Kier alpha value is -2.18. The second-order valence-electron chi connectivity index (χ2n) is 2.86. The van der Waals surface area contributed by atoms with Crippen molar-refractivity contribution in [2.75, 3.05) is 5.32 Å². The van der Waals surface area contributed by atoms with Crippen molar-refractivity contribution >= 4 is 17.5 Å². The van der Waals surface area contributed by atoms with Crippen molar-refractivity contribution in [1.29, 1.82) is 0 Å². The molecule has 0 fully saturated rings. The summed E-state index contributed by atoms with van der Waals surface area (Å²) < 4.78 is 0. The molecule has 1 unspecified atom stereocenters. The molecule has 0 spiro atoms. The van der Waals surface area contributed by atoms with Crippen LogP contribution in [0.1, 0.15) is 6.92 Å². The maximum Gasteiger partial charge on any atom is 0.325 e. The van der Waals surface area contributed by atoms with Gasteiger partial charge in [0, 0.05) is 12.3 Å². The fourth-order valence-electron chi connectivity index (χ4n) is 0.895. The number of anilines is 1. The van der Waals surface area contributed by atoms with E-state index < -0.39 is 16.9 Å². The molecule has 1 aromatic heterocycles. The zero-order valence-electron chi connectivity index (χ0n) is 7.88. The molecular weight excluding hydrogens is 202 g/mol. The SMILES string of the molecule is CC(Nc1cc([N+](=O)[O-])ccn1)C(=O)O. The van der Waals surface area contributed by atoms with E-state index in [0.29, 0.717) is 0 Å². The van der Waals surface area contributed by atoms with Gasteiger partial charge in [-0.1, -0.05) is 0 Å². The van der Waals surface area contributed by atoms with Crippen molar-refractivity contribution in [3.63, 3.8) is 0 Å². The lowest BCUT2D eigenvalue weighted by atomic mass is 10.3. The van der Waals surface area contributed by atoms with Crippen LogP contribution < -0.4 is 5.32 Å². The Morgan fingerprint density at radius 1 is 1.73 bits per heavy atom. The third kappa shape index (κ3) is 2.90. The van der Waals surface area contributed by atoms with E-state index in [9.17, 15) is 14.9 Å². The van der Waals surface area contributed by atoms with Crippen LogP contribution in [-0.2, 0) is 4.79 Å². The Morgan fingerprint density at radius 3 is 2.93 bits per heavy atom. The third-order valence-electron chi connectivity index (χ3n) is 1.69. The van der Waals surface area contributed by atoms with Gasteiger partial charge in [0.05, 0.1) is 11.0 Å². The molecule has 0 aromatic carbocycles. The van der Waals surface area contributed by atoms with Crippen LogP contribution in [0.3, 0.4) is 0 Å². The quantitative estimate of drug-likeness (QED) is 0.565. The normalized spacial score (nSPS) is 11.8. The molecule has 1 aromatic rings. The summed E-state index contributed by atoms with van der Waals surface area (Å²) in [6.45, 7) is 1.42. The summed E-state index contributed by atoms with van der Waals surface area (Å²) in [5.41, 5.74) is -0.134. The molecule has 15 heavy (non-hydrogen) atoms. The molecule has 0 saturated heterocycles. The zero-order valence-corrected chi connectivity index (χ0v) is 7.88. The minimum absolute atomic E-state index is 0.134. The Kier molecular flexibility index (Phi) is 3.17. The van der Waals surface area contributed by atoms with Crippen molar-refractivity contribution < 1.29 is 14.8 Å². The van der Waals surface area contributed by atoms with E-state index >= 15 is 0 Å². The van der Waals surface area contributed by atoms with E-state index in [4.69, 9.17) is 5.11 Å². The maximum absolute atomic E-state index is 10.5. The monoisotopic (exact) mass is 211 g/mol. The first-order chi connectivity index (χ1) is 7.00. The topological polar surface area (TPSA) is 105 Å². The molecule has 1 atom stereocenters. The summed E-state index contributed by atoms with van der Waals surface area (Å²) in [5.74, 6) is -0.887. The van der Waals surface area contributed by atoms with Crippen LogP contribution in [0.4, 0.5) is 11.5 Å². The second kappa shape index (κ2) is 4.36. The first kappa shape index (κ1) is 10.9. The summed E-state index contributed by atoms with van der Waals surface area (Å²) >= 11 is 0. The molecule has 7 nitrogen and oxygen atoms in total. The Morgan fingerprint density at radius 2 is 2.40 bits per heavy atom. The number of carboxylic acids is 1. The molecule has 1 rings (SSSR count). The number of carbonyl (C=O) groups is 1. The molecule has 0 aliphatic rings. The summed E-state index contributed by atoms with van der Waals surface area (Å²) in [5, 5.41) is 21.5. The van der Waals surface area contributed by atoms with Gasteiger partial charge in [-0.3, -0.25) is 14.9 Å². The van der Waals surface area contributed by atoms with Crippen LogP contribution in [0.5, 0.6) is 0 Å². The average molecular weight is 211 g/mol. The van der Waals surface area contributed by atoms with Gasteiger partial charge < -0.3 is 10.4 Å². The Bertz CT molecular complexity index is 393. The number of aromatic nitrogens is 1. The van der Waals surface area contributed by atoms with Crippen LogP contribution in [0.25, 0.3) is 0 Å². The minimum atomic E-state index is -1.05. The van der Waals surface area contributed by atoms with Crippen molar-refractivity contribution in [3.05, 3.63) is 28.4 Å². The highest BCUT2D eigenvalue weighted by Crippen LogP contribution is 2.14. The van der Waals surface area contributed by atoms with E-state index in [1.165, 1.54) is 25.3 Å². The number of nitrogens with zero attached hydrogens (tertiary/aromatic N) is 2. The maximum atomic E-state index is 10.5. The molecule has 0 saturated carbocycles. The number of carboxylic acid groups (broad SMARTS) is 1. The summed E-state index contributed by atoms with van der Waals surface area (Å²) in [6, 6.07) is 1.57. The number of nitro groups is 1. The van der Waals surface area contributed by atoms with Crippen molar-refractivity contribution in [1.82, 2.24) is 4.98 Å². The minimum Gasteiger partial charge on any atom is -0.480 e. The first-order valence-electron chi connectivity index (χ1n) is 4.10. The molecule has 0 bridgehead atoms. The van der Waals surface area contributed by atoms with Gasteiger partial charge >= 0.3 is 5.97 Å². The number of hydrogen-bond acceptors (Lipinski definition) is 5. The smallest absolute Gasteiger partial charge is 0.325 e. The lowest BCUT2D eigenvalue weighted by Gasteiger charge is -2.08. The number of hydrogen-bond donors (Lipinski definition) is 2. The van der Waals surface area contributed by atoms with Gasteiger partial charge in [-0.2, -0.15) is 0 Å². The van der Waals surface area contributed by atoms with Gasteiger partial charge in [0.2, 0.25) is 0 Å². The molecule has 7 heteroatoms. The predicted octanol–water partition coefficient (Wildman–Crippen LogP) is 0.875. The Labute approximate surface area is 84.9 Å². The fraction of sp³-hybridized carbons (Fsp3) is 0.250. The molecule has 0 aliphatic heterocycles. The van der Waals surface area contributed by atoms with Crippen LogP contribution in [0, 0.1) is 10.1 Å². The van der Waals surface area contributed by atoms with E-state index in [1.54, 1.807) is 0 Å². The molecule has 0 amide bonds. The van der Waals surface area contributed by atoms with Crippen molar-refractivity contribution in [2.45, 2.75) is 13.0 Å². The molecule has 80 valence electrons. The lowest BCUT2D eigenvalue weighted by Crippen LogP contribution is -2.25. The van der Waals surface area contributed by atoms with Gasteiger partial charge in [0.25, 0.3) is 5.69 Å². The summed E-state index contributed by atoms with van der Waals surface area (Å²) in [7, 11) is 0. The molecule has 0 radical (unpaired) electrons. The van der Waals surface area contributed by atoms with Crippen LogP contribution in [0.15, 0.2) is 18.3 Å². The van der Waals surface area contributed by atoms with Crippen molar-refractivity contribution in [3.8, 4) is 0 Å². The van der Waals surface area contributed by atoms with E-state index in [-0.39, 0.29) is 11.5 Å². The van der Waals surface area contributed by atoms with Gasteiger partial charge in [0.1, 0.15) is 11.9 Å². The molecule has 2 N–H and O–H groups in total. The second-order valence-corrected chi connectivity index (χ2v) is 2.86. The molecule has 0 aliphatic carbocycles. The highest BCUT2D eigenvalue weighted by atomic mass is 16.6. The predicted molar refractivity (Wildman–Crippen MR) is 51.6 cm³/mol. The molecular formula is C8H9N3O4. The first-order valence-corrected chi connectivity index (χ1v) is 4.10. The summed E-state index contributed by atoms with van der Waals surface area (Å²) in [4.78, 5) is 24.1. The van der Waals surface area contributed by atoms with Crippen molar-refractivity contribution in [2.24, 2.45) is 0 Å². The van der Waals surface area contributed by atoms with Crippen LogP contribution in [0.2, 0.25) is 0 Å². The van der Waals surface area contributed by atoms with Crippen LogP contribution in [-0.4, -0.2) is 27.0 Å². The number of nitrogens with one attached hydrogen (secondary N) is 1. The largest absolute Gasteiger partial charge is 0.480 e. The van der Waals surface area contributed by atoms with Crippen LogP contribution >= 0.6 is 0 Å². The molecule has 1 heterocycles. The van der Waals surface area contributed by atoms with Gasteiger partial charge in [-0.15, -0.1) is 0 Å². The van der Waals surface area contributed by atoms with Gasteiger partial charge in [0.15, 0.2) is 0 Å². The van der Waals surface area contributed by atoms with Gasteiger partial charge in [-0.25, -0.2) is 4.98 Å². The number of pyridine rings is 1. The Balaban J connectivity index is 2.82. The van der Waals surface area contributed by atoms with E-state index in [1.807, 2.05) is 0 Å². The highest BCUT2D eigenvalue weighted by molar-refractivity contribution is 5.76. The number of aliphatic carboxylic acids is 1. The third-order valence-corrected chi connectivity index (χ3v) is 1.69. The highest BCUT2D eigenvalue weighted by Gasteiger charge is 2.13. The van der Waals surface area contributed by atoms with E-state index in [0.717, 1.165) is 0 Å².